The Morgan fingerprint density at radius 2 is 2.05 bits per heavy atom. The number of carbonyl (C=O) groups is 1. The first-order valence-electron chi connectivity index (χ1n) is 5.93. The third-order valence-corrected chi connectivity index (χ3v) is 3.38. The second-order valence-corrected chi connectivity index (χ2v) is 5.05. The second kappa shape index (κ2) is 6.59. The van der Waals surface area contributed by atoms with E-state index in [9.17, 15) is 4.79 Å². The van der Waals surface area contributed by atoms with Crippen LogP contribution in [0.3, 0.4) is 0 Å². The predicted octanol–water partition coefficient (Wildman–Crippen LogP) is 4.05. The highest BCUT2D eigenvalue weighted by Gasteiger charge is 2.10. The molecule has 1 aromatic heterocycles. The minimum Gasteiger partial charge on any atom is -0.322 e. The van der Waals surface area contributed by atoms with Crippen LogP contribution in [-0.2, 0) is 6.54 Å². The van der Waals surface area contributed by atoms with E-state index < -0.39 is 0 Å². The largest absolute Gasteiger partial charge is 0.322 e. The molecule has 1 heterocycles. The number of urea groups is 1. The van der Waals surface area contributed by atoms with Crippen LogP contribution in [0.1, 0.15) is 5.69 Å². The van der Waals surface area contributed by atoms with Gasteiger partial charge in [-0.1, -0.05) is 29.3 Å². The molecule has 2 aromatic rings. The normalized spacial score (nSPS) is 10.2. The Morgan fingerprint density at radius 1 is 1.25 bits per heavy atom. The maximum absolute atomic E-state index is 12.0. The van der Waals surface area contributed by atoms with Crippen LogP contribution >= 0.6 is 23.2 Å². The number of hydrogen-bond acceptors (Lipinski definition) is 2. The Bertz CT molecular complexity index is 605. The molecule has 6 heteroatoms. The predicted molar refractivity (Wildman–Crippen MR) is 81.2 cm³/mol. The van der Waals surface area contributed by atoms with Gasteiger partial charge in [0.05, 0.1) is 22.3 Å². The molecule has 0 unspecified atom stereocenters. The Hall–Kier alpha value is -1.78. The van der Waals surface area contributed by atoms with E-state index in [1.165, 1.54) is 4.90 Å². The molecule has 20 heavy (non-hydrogen) atoms. The lowest BCUT2D eigenvalue weighted by Gasteiger charge is -2.17. The van der Waals surface area contributed by atoms with Crippen LogP contribution in [0.2, 0.25) is 10.0 Å². The molecule has 0 saturated heterocycles. The zero-order valence-electron chi connectivity index (χ0n) is 10.8. The summed E-state index contributed by atoms with van der Waals surface area (Å²) in [5.41, 5.74) is 1.41. The smallest absolute Gasteiger partial charge is 0.321 e. The number of halogens is 2. The second-order valence-electron chi connectivity index (χ2n) is 4.24. The Labute approximate surface area is 127 Å². The third-order valence-electron chi connectivity index (χ3n) is 2.64. The first-order chi connectivity index (χ1) is 9.56. The SMILES string of the molecule is CN(Cc1ccccn1)C(=O)Nc1ccc(Cl)c(Cl)c1. The summed E-state index contributed by atoms with van der Waals surface area (Å²) in [6.07, 6.45) is 1.69. The number of amides is 2. The van der Waals surface area contributed by atoms with Gasteiger partial charge in [-0.25, -0.2) is 4.79 Å². The number of hydrogen-bond donors (Lipinski definition) is 1. The van der Waals surface area contributed by atoms with Crippen LogP contribution in [-0.4, -0.2) is 23.0 Å². The number of benzene rings is 1. The van der Waals surface area contributed by atoms with Gasteiger partial charge < -0.3 is 10.2 Å². The first kappa shape index (κ1) is 14.6. The van der Waals surface area contributed by atoms with Gasteiger partial charge in [0.15, 0.2) is 0 Å². The number of rotatable bonds is 3. The lowest BCUT2D eigenvalue weighted by Crippen LogP contribution is -2.31. The fourth-order valence-electron chi connectivity index (χ4n) is 1.60. The lowest BCUT2D eigenvalue weighted by molar-refractivity contribution is 0.220. The van der Waals surface area contributed by atoms with Gasteiger partial charge >= 0.3 is 6.03 Å². The van der Waals surface area contributed by atoms with Crippen molar-refractivity contribution in [1.29, 1.82) is 0 Å². The third kappa shape index (κ3) is 3.85. The first-order valence-corrected chi connectivity index (χ1v) is 6.69. The van der Waals surface area contributed by atoms with Crippen LogP contribution in [0, 0.1) is 0 Å². The summed E-state index contributed by atoms with van der Waals surface area (Å²) in [6, 6.07) is 10.3. The Balaban J connectivity index is 1.99. The number of pyridine rings is 1. The van der Waals surface area contributed by atoms with Crippen molar-refractivity contribution < 1.29 is 4.79 Å². The molecule has 0 bridgehead atoms. The molecule has 0 aliphatic heterocycles. The average Bonchev–Trinajstić information content (AvgIpc) is 2.44. The topological polar surface area (TPSA) is 45.2 Å². The molecular weight excluding hydrogens is 297 g/mol. The number of nitrogens with zero attached hydrogens (tertiary/aromatic N) is 2. The minimum absolute atomic E-state index is 0.242. The summed E-state index contributed by atoms with van der Waals surface area (Å²) in [6.45, 7) is 0.425. The van der Waals surface area contributed by atoms with E-state index in [2.05, 4.69) is 10.3 Å². The maximum atomic E-state index is 12.0. The van der Waals surface area contributed by atoms with Gasteiger partial charge in [0, 0.05) is 18.9 Å². The number of nitrogens with one attached hydrogen (secondary N) is 1. The molecule has 0 fully saturated rings. The fraction of sp³-hybridized carbons (Fsp3) is 0.143. The van der Waals surface area contributed by atoms with Crippen molar-refractivity contribution in [2.75, 3.05) is 12.4 Å². The van der Waals surface area contributed by atoms with E-state index in [4.69, 9.17) is 23.2 Å². The van der Waals surface area contributed by atoms with Gasteiger partial charge in [-0.15, -0.1) is 0 Å². The highest BCUT2D eigenvalue weighted by Crippen LogP contribution is 2.25. The minimum atomic E-state index is -0.242. The van der Waals surface area contributed by atoms with E-state index >= 15 is 0 Å². The van der Waals surface area contributed by atoms with Crippen molar-refractivity contribution >= 4 is 34.9 Å². The van der Waals surface area contributed by atoms with Crippen molar-refractivity contribution in [2.24, 2.45) is 0 Å². The molecule has 0 radical (unpaired) electrons. The molecule has 2 rings (SSSR count). The van der Waals surface area contributed by atoms with E-state index in [1.807, 2.05) is 18.2 Å². The van der Waals surface area contributed by atoms with E-state index in [0.717, 1.165) is 5.69 Å². The molecule has 1 aromatic carbocycles. The van der Waals surface area contributed by atoms with Crippen LogP contribution in [0.15, 0.2) is 42.6 Å². The summed E-state index contributed by atoms with van der Waals surface area (Å²) in [7, 11) is 1.70. The molecule has 0 saturated carbocycles. The lowest BCUT2D eigenvalue weighted by atomic mass is 10.3. The van der Waals surface area contributed by atoms with Gasteiger partial charge in [-0.2, -0.15) is 0 Å². The Morgan fingerprint density at radius 3 is 2.70 bits per heavy atom. The van der Waals surface area contributed by atoms with Gasteiger partial charge in [-0.3, -0.25) is 4.98 Å². The highest BCUT2D eigenvalue weighted by atomic mass is 35.5. The maximum Gasteiger partial charge on any atom is 0.321 e. The van der Waals surface area contributed by atoms with Crippen molar-refractivity contribution in [1.82, 2.24) is 9.88 Å². The quantitative estimate of drug-likeness (QED) is 0.929. The molecule has 0 atom stereocenters. The van der Waals surface area contributed by atoms with Gasteiger partial charge in [-0.05, 0) is 30.3 Å². The summed E-state index contributed by atoms with van der Waals surface area (Å²) in [5, 5.41) is 3.60. The highest BCUT2D eigenvalue weighted by molar-refractivity contribution is 6.42. The zero-order chi connectivity index (χ0) is 14.5. The monoisotopic (exact) mass is 309 g/mol. The molecule has 1 N–H and O–H groups in total. The molecule has 2 amide bonds. The average molecular weight is 310 g/mol. The molecule has 104 valence electrons. The number of aromatic nitrogens is 1. The molecule has 0 aliphatic rings. The van der Waals surface area contributed by atoms with Crippen molar-refractivity contribution in [3.05, 3.63) is 58.3 Å². The summed E-state index contributed by atoms with van der Waals surface area (Å²) in [4.78, 5) is 17.7. The summed E-state index contributed by atoms with van der Waals surface area (Å²) >= 11 is 11.7. The van der Waals surface area contributed by atoms with Crippen molar-refractivity contribution in [2.45, 2.75) is 6.54 Å². The van der Waals surface area contributed by atoms with E-state index in [0.29, 0.717) is 22.3 Å². The summed E-state index contributed by atoms with van der Waals surface area (Å²) < 4.78 is 0. The van der Waals surface area contributed by atoms with Crippen LogP contribution in [0.25, 0.3) is 0 Å². The molecule has 4 nitrogen and oxygen atoms in total. The van der Waals surface area contributed by atoms with Crippen molar-refractivity contribution in [3.8, 4) is 0 Å². The molecular formula is C14H13Cl2N3O. The van der Waals surface area contributed by atoms with Crippen molar-refractivity contribution in [3.63, 3.8) is 0 Å². The van der Waals surface area contributed by atoms with Crippen LogP contribution < -0.4 is 5.32 Å². The number of carbonyl (C=O) groups excluding carboxylic acids is 1. The molecule has 0 spiro atoms. The van der Waals surface area contributed by atoms with Gasteiger partial charge in [0.25, 0.3) is 0 Å². The Kier molecular flexibility index (Phi) is 4.82. The van der Waals surface area contributed by atoms with Crippen LogP contribution in [0.4, 0.5) is 10.5 Å². The molecule has 0 aliphatic carbocycles. The standard InChI is InChI=1S/C14H13Cl2N3O/c1-19(9-11-4-2-3-7-17-11)14(20)18-10-5-6-12(15)13(16)8-10/h2-8H,9H2,1H3,(H,18,20). The number of anilines is 1. The zero-order valence-corrected chi connectivity index (χ0v) is 12.3. The fourth-order valence-corrected chi connectivity index (χ4v) is 1.90. The summed E-state index contributed by atoms with van der Waals surface area (Å²) in [5.74, 6) is 0. The van der Waals surface area contributed by atoms with Crippen LogP contribution in [0.5, 0.6) is 0 Å². The van der Waals surface area contributed by atoms with Gasteiger partial charge in [0.2, 0.25) is 0 Å². The van der Waals surface area contributed by atoms with E-state index in [1.54, 1.807) is 31.4 Å². The van der Waals surface area contributed by atoms with Gasteiger partial charge in [0.1, 0.15) is 0 Å². The van der Waals surface area contributed by atoms with E-state index in [-0.39, 0.29) is 6.03 Å².